The number of hydrogen-bond donors (Lipinski definition) is 3. The standard InChI is InChI=1S/C12H18N4O4/c1-12(2-4-20-5-3-12)15-11(19)14-9-6-13-16(7-9)8-10(17)18/h6-7H,2-5,8H2,1H3,(H,17,18)(H2,14,15,19). The number of rotatable bonds is 4. The minimum Gasteiger partial charge on any atom is -0.480 e. The molecular weight excluding hydrogens is 264 g/mol. The summed E-state index contributed by atoms with van der Waals surface area (Å²) in [5.41, 5.74) is 0.179. The van der Waals surface area contributed by atoms with Crippen LogP contribution >= 0.6 is 0 Å². The average molecular weight is 282 g/mol. The highest BCUT2D eigenvalue weighted by molar-refractivity contribution is 5.89. The number of carboxylic acids is 1. The number of aromatic nitrogens is 2. The van der Waals surface area contributed by atoms with Gasteiger partial charge in [-0.05, 0) is 19.8 Å². The third kappa shape index (κ3) is 3.95. The van der Waals surface area contributed by atoms with E-state index in [1.807, 2.05) is 6.92 Å². The van der Waals surface area contributed by atoms with Gasteiger partial charge in [0.05, 0.1) is 11.9 Å². The van der Waals surface area contributed by atoms with Crippen molar-refractivity contribution in [1.82, 2.24) is 15.1 Å². The van der Waals surface area contributed by atoms with E-state index in [2.05, 4.69) is 15.7 Å². The second kappa shape index (κ2) is 5.91. The molecule has 20 heavy (non-hydrogen) atoms. The van der Waals surface area contributed by atoms with Crippen LogP contribution in [0.5, 0.6) is 0 Å². The molecule has 0 aliphatic carbocycles. The zero-order chi connectivity index (χ0) is 14.6. The lowest BCUT2D eigenvalue weighted by Crippen LogP contribution is -2.51. The quantitative estimate of drug-likeness (QED) is 0.752. The Morgan fingerprint density at radius 1 is 1.50 bits per heavy atom. The van der Waals surface area contributed by atoms with Crippen LogP contribution < -0.4 is 10.6 Å². The number of anilines is 1. The molecule has 0 aromatic carbocycles. The molecule has 8 heteroatoms. The van der Waals surface area contributed by atoms with E-state index in [1.54, 1.807) is 0 Å². The van der Waals surface area contributed by atoms with E-state index in [1.165, 1.54) is 17.1 Å². The Bertz CT molecular complexity index is 493. The number of carbonyl (C=O) groups is 2. The van der Waals surface area contributed by atoms with Crippen LogP contribution in [0, 0.1) is 0 Å². The maximum Gasteiger partial charge on any atom is 0.325 e. The molecule has 110 valence electrons. The number of carboxylic acid groups (broad SMARTS) is 1. The fourth-order valence-corrected chi connectivity index (χ4v) is 2.04. The highest BCUT2D eigenvalue weighted by atomic mass is 16.5. The number of nitrogens with zero attached hydrogens (tertiary/aromatic N) is 2. The Morgan fingerprint density at radius 3 is 2.85 bits per heavy atom. The molecule has 2 heterocycles. The van der Waals surface area contributed by atoms with Crippen molar-refractivity contribution in [2.45, 2.75) is 31.8 Å². The van der Waals surface area contributed by atoms with Gasteiger partial charge >= 0.3 is 12.0 Å². The van der Waals surface area contributed by atoms with Gasteiger partial charge in [-0.15, -0.1) is 0 Å². The van der Waals surface area contributed by atoms with Gasteiger partial charge in [-0.2, -0.15) is 5.10 Å². The molecule has 1 aliphatic rings. The first-order chi connectivity index (χ1) is 9.47. The fourth-order valence-electron chi connectivity index (χ4n) is 2.04. The number of urea groups is 1. The molecular formula is C12H18N4O4. The Labute approximate surface area is 116 Å². The first kappa shape index (κ1) is 14.3. The zero-order valence-electron chi connectivity index (χ0n) is 11.3. The lowest BCUT2D eigenvalue weighted by Gasteiger charge is -2.34. The normalized spacial score (nSPS) is 17.4. The van der Waals surface area contributed by atoms with E-state index in [-0.39, 0.29) is 18.1 Å². The Morgan fingerprint density at radius 2 is 2.20 bits per heavy atom. The fraction of sp³-hybridized carbons (Fsp3) is 0.583. The number of aliphatic carboxylic acids is 1. The van der Waals surface area contributed by atoms with E-state index in [0.29, 0.717) is 18.9 Å². The summed E-state index contributed by atoms with van der Waals surface area (Å²) in [5, 5.41) is 18.0. The number of ether oxygens (including phenoxy) is 1. The monoisotopic (exact) mass is 282 g/mol. The van der Waals surface area contributed by atoms with Crippen LogP contribution in [0.1, 0.15) is 19.8 Å². The van der Waals surface area contributed by atoms with Crippen molar-refractivity contribution in [2.75, 3.05) is 18.5 Å². The molecule has 1 fully saturated rings. The summed E-state index contributed by atoms with van der Waals surface area (Å²) in [6.45, 7) is 3.00. The lowest BCUT2D eigenvalue weighted by atomic mass is 9.93. The number of carbonyl (C=O) groups excluding carboxylic acids is 1. The number of hydrogen-bond acceptors (Lipinski definition) is 4. The van der Waals surface area contributed by atoms with Crippen LogP contribution in [0.25, 0.3) is 0 Å². The third-order valence-electron chi connectivity index (χ3n) is 3.20. The summed E-state index contributed by atoms with van der Waals surface area (Å²) in [6.07, 6.45) is 4.41. The van der Waals surface area contributed by atoms with Crippen LogP contribution in [-0.4, -0.2) is 45.6 Å². The molecule has 0 saturated carbocycles. The molecule has 1 aliphatic heterocycles. The van der Waals surface area contributed by atoms with Crippen molar-refractivity contribution >= 4 is 17.7 Å². The van der Waals surface area contributed by atoms with Gasteiger partial charge in [0.15, 0.2) is 0 Å². The van der Waals surface area contributed by atoms with E-state index < -0.39 is 5.97 Å². The maximum atomic E-state index is 11.9. The van der Waals surface area contributed by atoms with E-state index in [9.17, 15) is 9.59 Å². The molecule has 8 nitrogen and oxygen atoms in total. The minimum absolute atomic E-state index is 0.238. The van der Waals surface area contributed by atoms with Crippen molar-refractivity contribution in [3.63, 3.8) is 0 Å². The molecule has 1 aromatic heterocycles. The molecule has 0 unspecified atom stereocenters. The summed E-state index contributed by atoms with van der Waals surface area (Å²) < 4.78 is 6.51. The van der Waals surface area contributed by atoms with Gasteiger partial charge in [-0.3, -0.25) is 9.48 Å². The van der Waals surface area contributed by atoms with Crippen molar-refractivity contribution in [2.24, 2.45) is 0 Å². The largest absolute Gasteiger partial charge is 0.480 e. The molecule has 0 spiro atoms. The van der Waals surface area contributed by atoms with E-state index in [0.717, 1.165) is 12.8 Å². The summed E-state index contributed by atoms with van der Waals surface area (Å²) in [5.74, 6) is -0.987. The second-order valence-electron chi connectivity index (χ2n) is 5.07. The lowest BCUT2D eigenvalue weighted by molar-refractivity contribution is -0.137. The average Bonchev–Trinajstić information content (AvgIpc) is 2.75. The summed E-state index contributed by atoms with van der Waals surface area (Å²) in [7, 11) is 0. The highest BCUT2D eigenvalue weighted by Gasteiger charge is 2.28. The first-order valence-corrected chi connectivity index (χ1v) is 6.38. The third-order valence-corrected chi connectivity index (χ3v) is 3.20. The molecule has 0 atom stereocenters. The number of nitrogens with one attached hydrogen (secondary N) is 2. The second-order valence-corrected chi connectivity index (χ2v) is 5.07. The number of amides is 2. The highest BCUT2D eigenvalue weighted by Crippen LogP contribution is 2.19. The summed E-state index contributed by atoms with van der Waals surface area (Å²) >= 11 is 0. The molecule has 1 saturated heterocycles. The van der Waals surface area contributed by atoms with Crippen LogP contribution in [0.4, 0.5) is 10.5 Å². The Kier molecular flexibility index (Phi) is 4.23. The van der Waals surface area contributed by atoms with E-state index in [4.69, 9.17) is 9.84 Å². The van der Waals surface area contributed by atoms with Crippen molar-refractivity contribution in [1.29, 1.82) is 0 Å². The van der Waals surface area contributed by atoms with Crippen molar-refractivity contribution < 1.29 is 19.4 Å². The van der Waals surface area contributed by atoms with Gasteiger partial charge in [0, 0.05) is 24.9 Å². The predicted octanol–water partition coefficient (Wildman–Crippen LogP) is 0.658. The molecule has 1 aromatic rings. The summed E-state index contributed by atoms with van der Waals surface area (Å²) in [4.78, 5) is 22.4. The van der Waals surface area contributed by atoms with Gasteiger partial charge in [-0.25, -0.2) is 4.79 Å². The Hall–Kier alpha value is -2.09. The van der Waals surface area contributed by atoms with E-state index >= 15 is 0 Å². The van der Waals surface area contributed by atoms with Crippen LogP contribution in [0.3, 0.4) is 0 Å². The molecule has 0 bridgehead atoms. The van der Waals surface area contributed by atoms with Gasteiger partial charge in [0.2, 0.25) is 0 Å². The molecule has 0 radical (unpaired) electrons. The molecule has 2 amide bonds. The van der Waals surface area contributed by atoms with Gasteiger partial charge in [0.1, 0.15) is 6.54 Å². The van der Waals surface area contributed by atoms with Crippen molar-refractivity contribution in [3.05, 3.63) is 12.4 Å². The van der Waals surface area contributed by atoms with Crippen LogP contribution in [-0.2, 0) is 16.1 Å². The topological polar surface area (TPSA) is 105 Å². The first-order valence-electron chi connectivity index (χ1n) is 6.38. The smallest absolute Gasteiger partial charge is 0.325 e. The van der Waals surface area contributed by atoms with Crippen LogP contribution in [0.15, 0.2) is 12.4 Å². The summed E-state index contributed by atoms with van der Waals surface area (Å²) in [6, 6.07) is -0.329. The van der Waals surface area contributed by atoms with Crippen LogP contribution in [0.2, 0.25) is 0 Å². The SMILES string of the molecule is CC1(NC(=O)Nc2cnn(CC(=O)O)c2)CCOCC1. The van der Waals surface area contributed by atoms with Crippen molar-refractivity contribution in [3.8, 4) is 0 Å². The zero-order valence-corrected chi connectivity index (χ0v) is 11.3. The molecule has 3 N–H and O–H groups in total. The van der Waals surface area contributed by atoms with Gasteiger partial charge < -0.3 is 20.5 Å². The minimum atomic E-state index is -0.987. The maximum absolute atomic E-state index is 11.9. The molecule has 2 rings (SSSR count). The Balaban J connectivity index is 1.87. The van der Waals surface area contributed by atoms with Gasteiger partial charge in [-0.1, -0.05) is 0 Å². The van der Waals surface area contributed by atoms with Gasteiger partial charge in [0.25, 0.3) is 0 Å². The predicted molar refractivity (Wildman–Crippen MR) is 70.5 cm³/mol.